The number of aromatic hydroxyl groups is 1. The van der Waals surface area contributed by atoms with Gasteiger partial charge in [0, 0.05) is 6.07 Å². The van der Waals surface area contributed by atoms with Crippen LogP contribution in [0.3, 0.4) is 0 Å². The fourth-order valence-corrected chi connectivity index (χ4v) is 2.03. The molecule has 0 aliphatic heterocycles. The third-order valence-electron chi connectivity index (χ3n) is 2.24. The van der Waals surface area contributed by atoms with Gasteiger partial charge in [0.05, 0.1) is 16.5 Å². The molecule has 0 fully saturated rings. The van der Waals surface area contributed by atoms with Crippen molar-refractivity contribution >= 4 is 32.9 Å². The van der Waals surface area contributed by atoms with Gasteiger partial charge in [-0.2, -0.15) is 0 Å². The standard InChI is InChI=1S/C12H9BrO5/c1-2-17-12(16)10-5-9(15)7-3-6(14)4-8(13)11(7)18-10/h3-5,14H,2H2,1H3. The van der Waals surface area contributed by atoms with E-state index in [-0.39, 0.29) is 29.1 Å². The van der Waals surface area contributed by atoms with Crippen molar-refractivity contribution in [1.82, 2.24) is 0 Å². The van der Waals surface area contributed by atoms with Crippen LogP contribution in [0.2, 0.25) is 0 Å². The molecule has 1 heterocycles. The Bertz CT molecular complexity index is 674. The highest BCUT2D eigenvalue weighted by atomic mass is 79.9. The van der Waals surface area contributed by atoms with Crippen molar-refractivity contribution in [3.63, 3.8) is 0 Å². The van der Waals surface area contributed by atoms with Crippen molar-refractivity contribution in [2.75, 3.05) is 6.61 Å². The summed E-state index contributed by atoms with van der Waals surface area (Å²) in [4.78, 5) is 23.3. The highest BCUT2D eigenvalue weighted by molar-refractivity contribution is 9.10. The van der Waals surface area contributed by atoms with E-state index in [1.54, 1.807) is 6.92 Å². The molecule has 0 unspecified atom stereocenters. The molecule has 2 aromatic rings. The monoisotopic (exact) mass is 312 g/mol. The molecule has 0 aliphatic carbocycles. The molecule has 0 spiro atoms. The molecule has 6 heteroatoms. The molecule has 2 rings (SSSR count). The second-order valence-electron chi connectivity index (χ2n) is 3.50. The van der Waals surface area contributed by atoms with Crippen LogP contribution in [0.15, 0.2) is 31.9 Å². The number of carbonyl (C=O) groups is 1. The van der Waals surface area contributed by atoms with Crippen LogP contribution in [-0.2, 0) is 4.74 Å². The van der Waals surface area contributed by atoms with Crippen LogP contribution >= 0.6 is 15.9 Å². The lowest BCUT2D eigenvalue weighted by Crippen LogP contribution is -2.10. The first-order valence-corrected chi connectivity index (χ1v) is 5.95. The summed E-state index contributed by atoms with van der Waals surface area (Å²) in [6.07, 6.45) is 0. The van der Waals surface area contributed by atoms with Crippen LogP contribution < -0.4 is 5.43 Å². The zero-order chi connectivity index (χ0) is 13.3. The van der Waals surface area contributed by atoms with Gasteiger partial charge in [-0.1, -0.05) is 0 Å². The summed E-state index contributed by atoms with van der Waals surface area (Å²) in [7, 11) is 0. The first-order chi connectivity index (χ1) is 8.52. The predicted molar refractivity (Wildman–Crippen MR) is 67.8 cm³/mol. The lowest BCUT2D eigenvalue weighted by Gasteiger charge is -2.04. The summed E-state index contributed by atoms with van der Waals surface area (Å²) < 4.78 is 10.5. The number of carbonyl (C=O) groups excluding carboxylic acids is 1. The summed E-state index contributed by atoms with van der Waals surface area (Å²) in [6, 6.07) is 3.70. The van der Waals surface area contributed by atoms with E-state index < -0.39 is 11.4 Å². The van der Waals surface area contributed by atoms with E-state index in [9.17, 15) is 14.7 Å². The van der Waals surface area contributed by atoms with Crippen LogP contribution in [0.1, 0.15) is 17.5 Å². The summed E-state index contributed by atoms with van der Waals surface area (Å²) in [5.41, 5.74) is -0.223. The van der Waals surface area contributed by atoms with Gasteiger partial charge in [0.1, 0.15) is 5.75 Å². The second kappa shape index (κ2) is 4.81. The molecule has 0 aliphatic rings. The molecular formula is C12H9BrO5. The van der Waals surface area contributed by atoms with E-state index in [2.05, 4.69) is 15.9 Å². The number of rotatable bonds is 2. The van der Waals surface area contributed by atoms with Crippen molar-refractivity contribution < 1.29 is 19.1 Å². The number of fused-ring (bicyclic) bond motifs is 1. The van der Waals surface area contributed by atoms with E-state index in [1.165, 1.54) is 12.1 Å². The average molecular weight is 313 g/mol. The highest BCUT2D eigenvalue weighted by Gasteiger charge is 2.15. The van der Waals surface area contributed by atoms with Gasteiger partial charge in [0.2, 0.25) is 5.76 Å². The average Bonchev–Trinajstić information content (AvgIpc) is 2.30. The minimum absolute atomic E-state index is 0.0643. The van der Waals surface area contributed by atoms with Crippen molar-refractivity contribution in [2.45, 2.75) is 6.92 Å². The Hall–Kier alpha value is -1.82. The molecule has 18 heavy (non-hydrogen) atoms. The van der Waals surface area contributed by atoms with Crippen molar-refractivity contribution in [1.29, 1.82) is 0 Å². The van der Waals surface area contributed by atoms with E-state index >= 15 is 0 Å². The summed E-state index contributed by atoms with van der Waals surface area (Å²) in [6.45, 7) is 1.85. The molecule has 94 valence electrons. The number of phenolic OH excluding ortho intramolecular Hbond substituents is 1. The Labute approximate surface area is 110 Å². The molecular weight excluding hydrogens is 304 g/mol. The summed E-state index contributed by atoms with van der Waals surface area (Å²) >= 11 is 3.16. The molecule has 0 saturated carbocycles. The maximum absolute atomic E-state index is 11.8. The minimum Gasteiger partial charge on any atom is -0.508 e. The SMILES string of the molecule is CCOC(=O)c1cc(=O)c2cc(O)cc(Br)c2o1. The zero-order valence-electron chi connectivity index (χ0n) is 9.40. The number of ether oxygens (including phenoxy) is 1. The molecule has 0 amide bonds. The van der Waals surface area contributed by atoms with Crippen LogP contribution in [0.25, 0.3) is 11.0 Å². The Morgan fingerprint density at radius 3 is 2.83 bits per heavy atom. The Morgan fingerprint density at radius 1 is 1.44 bits per heavy atom. The van der Waals surface area contributed by atoms with Gasteiger partial charge < -0.3 is 14.3 Å². The van der Waals surface area contributed by atoms with Crippen LogP contribution in [0, 0.1) is 0 Å². The number of esters is 1. The maximum atomic E-state index is 11.8. The van der Waals surface area contributed by atoms with E-state index in [0.717, 1.165) is 6.07 Å². The largest absolute Gasteiger partial charge is 0.508 e. The van der Waals surface area contributed by atoms with Crippen molar-refractivity contribution in [2.24, 2.45) is 0 Å². The minimum atomic E-state index is -0.698. The normalized spacial score (nSPS) is 10.6. The third kappa shape index (κ3) is 2.24. The van der Waals surface area contributed by atoms with Gasteiger partial charge in [0.15, 0.2) is 11.0 Å². The van der Waals surface area contributed by atoms with Crippen LogP contribution in [0.5, 0.6) is 5.75 Å². The maximum Gasteiger partial charge on any atom is 0.374 e. The van der Waals surface area contributed by atoms with Gasteiger partial charge in [-0.05, 0) is 35.0 Å². The third-order valence-corrected chi connectivity index (χ3v) is 2.83. The fourth-order valence-electron chi connectivity index (χ4n) is 1.50. The topological polar surface area (TPSA) is 76.7 Å². The Kier molecular flexibility index (Phi) is 3.38. The first kappa shape index (κ1) is 12.6. The van der Waals surface area contributed by atoms with E-state index in [0.29, 0.717) is 4.47 Å². The number of hydrogen-bond donors (Lipinski definition) is 1. The Balaban J connectivity index is 2.69. The van der Waals surface area contributed by atoms with Crippen LogP contribution in [0.4, 0.5) is 0 Å². The van der Waals surface area contributed by atoms with Gasteiger partial charge in [0.25, 0.3) is 0 Å². The van der Waals surface area contributed by atoms with Crippen molar-refractivity contribution in [3.8, 4) is 5.75 Å². The number of halogens is 1. The smallest absolute Gasteiger partial charge is 0.374 e. The summed E-state index contributed by atoms with van der Waals surface area (Å²) in [5.74, 6) is -0.928. The molecule has 0 saturated heterocycles. The van der Waals surface area contributed by atoms with Gasteiger partial charge in [-0.15, -0.1) is 0 Å². The van der Waals surface area contributed by atoms with Gasteiger partial charge in [-0.25, -0.2) is 4.79 Å². The molecule has 5 nitrogen and oxygen atoms in total. The number of phenols is 1. The predicted octanol–water partition coefficient (Wildman–Crippen LogP) is 2.44. The molecule has 0 radical (unpaired) electrons. The number of benzene rings is 1. The lowest BCUT2D eigenvalue weighted by atomic mass is 10.2. The highest BCUT2D eigenvalue weighted by Crippen LogP contribution is 2.27. The Morgan fingerprint density at radius 2 is 2.17 bits per heavy atom. The lowest BCUT2D eigenvalue weighted by molar-refractivity contribution is 0.0490. The fraction of sp³-hybridized carbons (Fsp3) is 0.167. The van der Waals surface area contributed by atoms with E-state index in [1.807, 2.05) is 0 Å². The van der Waals surface area contributed by atoms with Gasteiger partial charge in [-0.3, -0.25) is 4.79 Å². The zero-order valence-corrected chi connectivity index (χ0v) is 11.0. The molecule has 1 N–H and O–H groups in total. The van der Waals surface area contributed by atoms with Gasteiger partial charge >= 0.3 is 5.97 Å². The summed E-state index contributed by atoms with van der Waals surface area (Å²) in [5, 5.41) is 9.59. The molecule has 0 bridgehead atoms. The second-order valence-corrected chi connectivity index (χ2v) is 4.35. The first-order valence-electron chi connectivity index (χ1n) is 5.16. The molecule has 1 aromatic carbocycles. The quantitative estimate of drug-likeness (QED) is 0.862. The van der Waals surface area contributed by atoms with E-state index in [4.69, 9.17) is 9.15 Å². The van der Waals surface area contributed by atoms with Crippen LogP contribution in [-0.4, -0.2) is 17.7 Å². The molecule has 0 atom stereocenters. The van der Waals surface area contributed by atoms with Crippen molar-refractivity contribution in [3.05, 3.63) is 38.7 Å². The molecule has 1 aromatic heterocycles. The number of hydrogen-bond acceptors (Lipinski definition) is 5.